The van der Waals surface area contributed by atoms with Crippen LogP contribution in [0.4, 0.5) is 0 Å². The van der Waals surface area contributed by atoms with Gasteiger partial charge in [0.15, 0.2) is 5.82 Å². The molecular formula is C13H16IN3OS. The first-order valence-corrected chi connectivity index (χ1v) is 8.40. The van der Waals surface area contributed by atoms with Crippen molar-refractivity contribution >= 4 is 33.9 Å². The minimum absolute atomic E-state index is 0.414. The first kappa shape index (κ1) is 13.5. The van der Waals surface area contributed by atoms with Crippen LogP contribution >= 0.6 is 33.9 Å². The molecule has 0 bridgehead atoms. The monoisotopic (exact) mass is 389 g/mol. The molecule has 1 aliphatic rings. The van der Waals surface area contributed by atoms with Crippen LogP contribution in [0.5, 0.6) is 0 Å². The maximum absolute atomic E-state index is 6.48. The third-order valence-corrected chi connectivity index (χ3v) is 5.51. The van der Waals surface area contributed by atoms with Gasteiger partial charge in [-0.2, -0.15) is 4.98 Å². The first-order chi connectivity index (χ1) is 9.07. The van der Waals surface area contributed by atoms with Gasteiger partial charge in [-0.15, -0.1) is 11.3 Å². The van der Waals surface area contributed by atoms with Gasteiger partial charge in [-0.25, -0.2) is 0 Å². The van der Waals surface area contributed by atoms with Crippen molar-refractivity contribution in [3.63, 3.8) is 0 Å². The molecule has 2 aromatic rings. The number of rotatable bonds is 2. The average molecular weight is 389 g/mol. The highest BCUT2D eigenvalue weighted by Gasteiger charge is 2.37. The van der Waals surface area contributed by atoms with Crippen LogP contribution in [-0.4, -0.2) is 10.1 Å². The summed E-state index contributed by atoms with van der Waals surface area (Å²) in [6, 6.07) is 2.05. The van der Waals surface area contributed by atoms with Crippen molar-refractivity contribution in [2.75, 3.05) is 0 Å². The molecule has 4 nitrogen and oxygen atoms in total. The van der Waals surface area contributed by atoms with Crippen LogP contribution < -0.4 is 5.73 Å². The molecule has 2 aromatic heterocycles. The molecule has 6 heteroatoms. The number of hydrogen-bond donors (Lipinski definition) is 1. The molecule has 102 valence electrons. The second-order valence-corrected chi connectivity index (χ2v) is 8.23. The summed E-state index contributed by atoms with van der Waals surface area (Å²) in [5.74, 6) is 1.87. The summed E-state index contributed by atoms with van der Waals surface area (Å²) < 4.78 is 6.59. The zero-order chi connectivity index (χ0) is 13.5. The summed E-state index contributed by atoms with van der Waals surface area (Å²) >= 11 is 3.96. The van der Waals surface area contributed by atoms with E-state index in [1.54, 1.807) is 11.3 Å². The van der Waals surface area contributed by atoms with Gasteiger partial charge in [-0.1, -0.05) is 24.9 Å². The van der Waals surface area contributed by atoms with E-state index in [4.69, 9.17) is 10.3 Å². The largest absolute Gasteiger partial charge is 0.334 e. The van der Waals surface area contributed by atoms with Gasteiger partial charge in [0.2, 0.25) is 0 Å². The maximum Gasteiger partial charge on any atom is 0.258 e. The summed E-state index contributed by atoms with van der Waals surface area (Å²) in [5, 5.41) is 6.16. The zero-order valence-electron chi connectivity index (χ0n) is 10.7. The predicted molar refractivity (Wildman–Crippen MR) is 83.8 cm³/mol. The quantitative estimate of drug-likeness (QED) is 0.795. The van der Waals surface area contributed by atoms with Gasteiger partial charge in [0, 0.05) is 5.38 Å². The Bertz CT molecular complexity index is 582. The summed E-state index contributed by atoms with van der Waals surface area (Å²) in [6.45, 7) is 2.24. The van der Waals surface area contributed by atoms with Crippen LogP contribution in [0.25, 0.3) is 11.5 Å². The smallest absolute Gasteiger partial charge is 0.258 e. The third-order valence-electron chi connectivity index (χ3n) is 3.72. The van der Waals surface area contributed by atoms with Crippen molar-refractivity contribution in [3.05, 3.63) is 20.2 Å². The molecule has 1 aliphatic carbocycles. The molecule has 0 aromatic carbocycles. The standard InChI is InChI=1S/C13H16IN3OS/c1-8-3-2-4-13(15,6-8)12-16-11(18-17-12)9-5-10(14)19-7-9/h5,7-8H,2-4,6,15H2,1H3. The van der Waals surface area contributed by atoms with Crippen LogP contribution in [0, 0.1) is 8.80 Å². The molecule has 0 saturated heterocycles. The second-order valence-electron chi connectivity index (χ2n) is 5.42. The van der Waals surface area contributed by atoms with Crippen molar-refractivity contribution in [1.82, 2.24) is 10.1 Å². The fraction of sp³-hybridized carbons (Fsp3) is 0.538. The molecule has 0 amide bonds. The lowest BCUT2D eigenvalue weighted by Crippen LogP contribution is -2.42. The van der Waals surface area contributed by atoms with E-state index >= 15 is 0 Å². The number of thiophene rings is 1. The van der Waals surface area contributed by atoms with Gasteiger partial charge in [0.1, 0.15) is 0 Å². The molecule has 2 N–H and O–H groups in total. The topological polar surface area (TPSA) is 64.9 Å². The Kier molecular flexibility index (Phi) is 3.65. The van der Waals surface area contributed by atoms with Crippen molar-refractivity contribution in [3.8, 4) is 11.5 Å². The highest BCUT2D eigenvalue weighted by Crippen LogP contribution is 2.37. The molecule has 0 aliphatic heterocycles. The number of hydrogen-bond acceptors (Lipinski definition) is 5. The van der Waals surface area contributed by atoms with E-state index in [0.29, 0.717) is 17.6 Å². The lowest BCUT2D eigenvalue weighted by Gasteiger charge is -2.33. The van der Waals surface area contributed by atoms with Crippen molar-refractivity contribution < 1.29 is 4.52 Å². The van der Waals surface area contributed by atoms with E-state index in [0.717, 1.165) is 24.8 Å². The fourth-order valence-electron chi connectivity index (χ4n) is 2.76. The van der Waals surface area contributed by atoms with Gasteiger partial charge in [-0.05, 0) is 47.4 Å². The number of nitrogens with two attached hydrogens (primary N) is 1. The molecule has 3 rings (SSSR count). The van der Waals surface area contributed by atoms with Gasteiger partial charge in [0.05, 0.1) is 14.0 Å². The molecule has 0 spiro atoms. The van der Waals surface area contributed by atoms with Crippen LogP contribution in [0.15, 0.2) is 16.0 Å². The lowest BCUT2D eigenvalue weighted by molar-refractivity contribution is 0.222. The van der Waals surface area contributed by atoms with E-state index in [2.05, 4.69) is 45.7 Å². The second kappa shape index (κ2) is 5.14. The first-order valence-electron chi connectivity index (χ1n) is 6.44. The molecule has 1 fully saturated rings. The minimum Gasteiger partial charge on any atom is -0.334 e. The summed E-state index contributed by atoms with van der Waals surface area (Å²) in [4.78, 5) is 4.52. The van der Waals surface area contributed by atoms with E-state index in [1.165, 1.54) is 9.30 Å². The van der Waals surface area contributed by atoms with Gasteiger partial charge < -0.3 is 10.3 Å². The molecule has 2 unspecified atom stereocenters. The van der Waals surface area contributed by atoms with Crippen LogP contribution in [-0.2, 0) is 5.54 Å². The molecule has 1 saturated carbocycles. The molecule has 2 heterocycles. The Labute approximate surface area is 129 Å². The predicted octanol–water partition coefficient (Wildman–Crippen LogP) is 3.77. The Morgan fingerprint density at radius 2 is 2.42 bits per heavy atom. The number of nitrogens with zero attached hydrogens (tertiary/aromatic N) is 2. The van der Waals surface area contributed by atoms with Crippen LogP contribution in [0.2, 0.25) is 0 Å². The summed E-state index contributed by atoms with van der Waals surface area (Å²) in [5.41, 5.74) is 7.06. The minimum atomic E-state index is -0.414. The maximum atomic E-state index is 6.48. The number of aromatic nitrogens is 2. The molecule has 2 atom stereocenters. The van der Waals surface area contributed by atoms with Gasteiger partial charge in [0.25, 0.3) is 5.89 Å². The Balaban J connectivity index is 1.88. The summed E-state index contributed by atoms with van der Waals surface area (Å²) in [6.07, 6.45) is 4.26. The Morgan fingerprint density at radius 3 is 3.11 bits per heavy atom. The lowest BCUT2D eigenvalue weighted by atomic mass is 9.76. The Morgan fingerprint density at radius 1 is 1.58 bits per heavy atom. The molecule has 0 radical (unpaired) electrons. The third kappa shape index (κ3) is 2.71. The SMILES string of the molecule is CC1CCCC(N)(c2noc(-c3csc(I)c3)n2)C1. The van der Waals surface area contributed by atoms with E-state index in [9.17, 15) is 0 Å². The molecular weight excluding hydrogens is 373 g/mol. The van der Waals surface area contributed by atoms with Crippen molar-refractivity contribution in [2.45, 2.75) is 38.1 Å². The average Bonchev–Trinajstić information content (AvgIpc) is 2.96. The van der Waals surface area contributed by atoms with Crippen LogP contribution in [0.3, 0.4) is 0 Å². The van der Waals surface area contributed by atoms with Gasteiger partial charge in [-0.3, -0.25) is 0 Å². The van der Waals surface area contributed by atoms with E-state index in [-0.39, 0.29) is 0 Å². The Hall–Kier alpha value is -0.470. The highest BCUT2D eigenvalue weighted by molar-refractivity contribution is 14.1. The van der Waals surface area contributed by atoms with Crippen LogP contribution in [0.1, 0.15) is 38.4 Å². The normalized spacial score (nSPS) is 27.6. The van der Waals surface area contributed by atoms with Gasteiger partial charge >= 0.3 is 0 Å². The fourth-order valence-corrected chi connectivity index (χ4v) is 4.08. The van der Waals surface area contributed by atoms with E-state index < -0.39 is 5.54 Å². The summed E-state index contributed by atoms with van der Waals surface area (Å²) in [7, 11) is 0. The van der Waals surface area contributed by atoms with E-state index in [1.807, 2.05) is 5.38 Å². The van der Waals surface area contributed by atoms with Crippen molar-refractivity contribution in [1.29, 1.82) is 0 Å². The molecule has 19 heavy (non-hydrogen) atoms. The highest BCUT2D eigenvalue weighted by atomic mass is 127. The van der Waals surface area contributed by atoms with Crippen molar-refractivity contribution in [2.24, 2.45) is 11.7 Å². The zero-order valence-corrected chi connectivity index (χ0v) is 13.7. The number of halogens is 1.